The molecule has 1 aromatic carbocycles. The lowest BCUT2D eigenvalue weighted by Crippen LogP contribution is -2.50. The number of hydrogen-bond acceptors (Lipinski definition) is 4. The zero-order valence-electron chi connectivity index (χ0n) is 15.3. The maximum Gasteiger partial charge on any atom is 0.337 e. The molecule has 0 unspecified atom stereocenters. The van der Waals surface area contributed by atoms with Gasteiger partial charge in [0.1, 0.15) is 5.75 Å². The minimum atomic E-state index is -0.413. The molecule has 0 aliphatic heterocycles. The number of hydrogen-bond donors (Lipinski definition) is 1. The molecule has 4 nitrogen and oxygen atoms in total. The summed E-state index contributed by atoms with van der Waals surface area (Å²) in [5.74, 6) is 2.66. The van der Waals surface area contributed by atoms with Gasteiger partial charge in [-0.3, -0.25) is 0 Å². The van der Waals surface area contributed by atoms with Gasteiger partial charge in [0.25, 0.3) is 0 Å². The first kappa shape index (κ1) is 16.9. The largest absolute Gasteiger partial charge is 0.508 e. The van der Waals surface area contributed by atoms with Gasteiger partial charge in [-0.15, -0.1) is 0 Å². The van der Waals surface area contributed by atoms with Crippen molar-refractivity contribution in [1.29, 1.82) is 0 Å². The number of nitrogens with zero attached hydrogens (tertiary/aromatic N) is 1. The van der Waals surface area contributed by atoms with E-state index in [4.69, 9.17) is 4.74 Å². The van der Waals surface area contributed by atoms with Crippen LogP contribution in [0.1, 0.15) is 54.4 Å². The van der Waals surface area contributed by atoms with Gasteiger partial charge in [-0.05, 0) is 80.9 Å². The fourth-order valence-electron chi connectivity index (χ4n) is 6.35. The van der Waals surface area contributed by atoms with E-state index < -0.39 is 5.97 Å². The summed E-state index contributed by atoms with van der Waals surface area (Å²) in [6, 6.07) is 5.09. The molecule has 0 amide bonds. The van der Waals surface area contributed by atoms with E-state index in [9.17, 15) is 9.90 Å². The lowest BCUT2D eigenvalue weighted by molar-refractivity contribution is -0.0670. The molecular formula is C21H29NO3. The first-order valence-corrected chi connectivity index (χ1v) is 9.55. The zero-order valence-corrected chi connectivity index (χ0v) is 15.3. The molecule has 25 heavy (non-hydrogen) atoms. The third-order valence-electron chi connectivity index (χ3n) is 6.72. The Morgan fingerprint density at radius 3 is 2.32 bits per heavy atom. The Balaban J connectivity index is 1.42. The maximum atomic E-state index is 11.6. The molecular weight excluding hydrogens is 314 g/mol. The normalized spacial score (nSPS) is 33.0. The minimum absolute atomic E-state index is 0.181. The van der Waals surface area contributed by atoms with E-state index >= 15 is 0 Å². The van der Waals surface area contributed by atoms with E-state index in [2.05, 4.69) is 11.9 Å². The van der Waals surface area contributed by atoms with Crippen LogP contribution < -0.4 is 0 Å². The van der Waals surface area contributed by atoms with Crippen LogP contribution in [-0.2, 0) is 11.3 Å². The standard InChI is InChI=1S/C21H29NO3/c1-22(12-18-4-3-17(8-19(18)23)20(24)25-2)13-21-9-14-5-15(10-21)7-16(6-14)11-21/h3-4,8,14-16,23H,5-7,9-13H2,1-2H3. The molecule has 0 heterocycles. The van der Waals surface area contributed by atoms with Crippen LogP contribution in [0.4, 0.5) is 0 Å². The number of phenolic OH excluding ortho intramolecular Hbond substituents is 1. The van der Waals surface area contributed by atoms with E-state index in [1.54, 1.807) is 6.07 Å². The van der Waals surface area contributed by atoms with Crippen LogP contribution in [0.15, 0.2) is 18.2 Å². The molecule has 4 fully saturated rings. The second kappa shape index (κ2) is 6.31. The van der Waals surface area contributed by atoms with Gasteiger partial charge in [0.2, 0.25) is 0 Å². The van der Waals surface area contributed by atoms with Crippen molar-refractivity contribution in [1.82, 2.24) is 4.90 Å². The van der Waals surface area contributed by atoms with Crippen molar-refractivity contribution in [2.45, 2.75) is 45.1 Å². The number of phenols is 1. The summed E-state index contributed by atoms with van der Waals surface area (Å²) in [6.45, 7) is 1.84. The van der Waals surface area contributed by atoms with Gasteiger partial charge < -0.3 is 14.7 Å². The summed E-state index contributed by atoms with van der Waals surface area (Å²) in [5.41, 5.74) is 1.78. The highest BCUT2D eigenvalue weighted by molar-refractivity contribution is 5.89. The quantitative estimate of drug-likeness (QED) is 0.826. The smallest absolute Gasteiger partial charge is 0.337 e. The Labute approximate surface area is 150 Å². The molecule has 4 bridgehead atoms. The van der Waals surface area contributed by atoms with Gasteiger partial charge in [0.05, 0.1) is 12.7 Å². The van der Waals surface area contributed by atoms with Crippen molar-refractivity contribution in [2.75, 3.05) is 20.7 Å². The summed E-state index contributed by atoms with van der Waals surface area (Å²) in [7, 11) is 3.51. The number of esters is 1. The Bertz CT molecular complexity index is 634. The van der Waals surface area contributed by atoms with Crippen molar-refractivity contribution in [3.05, 3.63) is 29.3 Å². The molecule has 0 saturated heterocycles. The molecule has 0 radical (unpaired) electrons. The summed E-state index contributed by atoms with van der Waals surface area (Å²) in [6.07, 6.45) is 8.61. The number of carbonyl (C=O) groups excluding carboxylic acids is 1. The topological polar surface area (TPSA) is 49.8 Å². The Kier molecular flexibility index (Phi) is 4.27. The van der Waals surface area contributed by atoms with E-state index in [1.807, 2.05) is 6.07 Å². The van der Waals surface area contributed by atoms with Crippen LogP contribution in [0, 0.1) is 23.2 Å². The van der Waals surface area contributed by atoms with Crippen LogP contribution >= 0.6 is 0 Å². The molecule has 0 spiro atoms. The summed E-state index contributed by atoms with van der Waals surface area (Å²) < 4.78 is 4.71. The number of carbonyl (C=O) groups is 1. The molecule has 1 N–H and O–H groups in total. The third-order valence-corrected chi connectivity index (χ3v) is 6.72. The van der Waals surface area contributed by atoms with Crippen molar-refractivity contribution in [3.63, 3.8) is 0 Å². The monoisotopic (exact) mass is 343 g/mol. The van der Waals surface area contributed by atoms with Gasteiger partial charge in [0, 0.05) is 18.7 Å². The summed E-state index contributed by atoms with van der Waals surface area (Å²) in [5, 5.41) is 10.3. The highest BCUT2D eigenvalue weighted by atomic mass is 16.5. The number of benzene rings is 1. The maximum absolute atomic E-state index is 11.6. The highest BCUT2D eigenvalue weighted by Gasteiger charge is 2.50. The predicted octanol–water partition coefficient (Wildman–Crippen LogP) is 3.83. The van der Waals surface area contributed by atoms with Crippen LogP contribution in [-0.4, -0.2) is 36.7 Å². The molecule has 4 aliphatic rings. The first-order chi connectivity index (χ1) is 12.0. The fourth-order valence-corrected chi connectivity index (χ4v) is 6.35. The van der Waals surface area contributed by atoms with E-state index in [1.165, 1.54) is 51.7 Å². The Morgan fingerprint density at radius 1 is 1.20 bits per heavy atom. The number of rotatable bonds is 5. The molecule has 5 rings (SSSR count). The number of methoxy groups -OCH3 is 1. The molecule has 1 aromatic rings. The average molecular weight is 343 g/mol. The van der Waals surface area contributed by atoms with Gasteiger partial charge in [-0.2, -0.15) is 0 Å². The third kappa shape index (κ3) is 3.29. The van der Waals surface area contributed by atoms with E-state index in [-0.39, 0.29) is 5.75 Å². The molecule has 0 atom stereocenters. The number of aromatic hydroxyl groups is 1. The second-order valence-corrected chi connectivity index (χ2v) is 8.92. The van der Waals surface area contributed by atoms with Crippen LogP contribution in [0.25, 0.3) is 0 Å². The minimum Gasteiger partial charge on any atom is -0.508 e. The molecule has 4 aliphatic carbocycles. The van der Waals surface area contributed by atoms with E-state index in [0.29, 0.717) is 11.0 Å². The second-order valence-electron chi connectivity index (χ2n) is 8.92. The predicted molar refractivity (Wildman–Crippen MR) is 96.4 cm³/mol. The highest BCUT2D eigenvalue weighted by Crippen LogP contribution is 2.60. The van der Waals surface area contributed by atoms with Crippen LogP contribution in [0.3, 0.4) is 0 Å². The van der Waals surface area contributed by atoms with Crippen molar-refractivity contribution in [2.24, 2.45) is 23.2 Å². The van der Waals surface area contributed by atoms with Gasteiger partial charge >= 0.3 is 5.97 Å². The molecule has 136 valence electrons. The van der Waals surface area contributed by atoms with Gasteiger partial charge in [-0.25, -0.2) is 4.79 Å². The first-order valence-electron chi connectivity index (χ1n) is 9.55. The Morgan fingerprint density at radius 2 is 1.80 bits per heavy atom. The molecule has 4 heteroatoms. The fraction of sp³-hybridized carbons (Fsp3) is 0.667. The summed E-state index contributed by atoms with van der Waals surface area (Å²) >= 11 is 0. The molecule has 0 aromatic heterocycles. The van der Waals surface area contributed by atoms with Gasteiger partial charge in [0.15, 0.2) is 0 Å². The van der Waals surface area contributed by atoms with Crippen LogP contribution in [0.5, 0.6) is 5.75 Å². The van der Waals surface area contributed by atoms with Crippen molar-refractivity contribution < 1.29 is 14.6 Å². The van der Waals surface area contributed by atoms with Crippen LogP contribution in [0.2, 0.25) is 0 Å². The van der Waals surface area contributed by atoms with Gasteiger partial charge in [-0.1, -0.05) is 6.07 Å². The van der Waals surface area contributed by atoms with E-state index in [0.717, 1.165) is 36.4 Å². The SMILES string of the molecule is COC(=O)c1ccc(CN(C)CC23CC4CC(CC(C4)C2)C3)c(O)c1. The Hall–Kier alpha value is -1.55. The average Bonchev–Trinajstić information content (AvgIpc) is 2.54. The zero-order chi connectivity index (χ0) is 17.6. The van der Waals surface area contributed by atoms with Crippen molar-refractivity contribution >= 4 is 5.97 Å². The van der Waals surface area contributed by atoms with Crippen molar-refractivity contribution in [3.8, 4) is 5.75 Å². The lowest BCUT2D eigenvalue weighted by atomic mass is 9.49. The number of ether oxygens (including phenoxy) is 1. The lowest BCUT2D eigenvalue weighted by Gasteiger charge is -2.57. The molecule has 4 saturated carbocycles. The summed E-state index contributed by atoms with van der Waals surface area (Å²) in [4.78, 5) is 13.9.